The highest BCUT2D eigenvalue weighted by Gasteiger charge is 2.28. The summed E-state index contributed by atoms with van der Waals surface area (Å²) in [4.78, 5) is 2.41. The van der Waals surface area contributed by atoms with E-state index < -0.39 is 6.10 Å². The van der Waals surface area contributed by atoms with E-state index in [1.54, 1.807) is 18.2 Å². The molecule has 0 radical (unpaired) electrons. The standard InChI is InChI=1S/C16H24FNOS/c1-11(10-18-8-9-20-13(3)12(18)2)16(19)14-6-4-5-7-15(14)17/h4-7,11-13,16,19H,8-10H2,1-3H3. The maximum absolute atomic E-state index is 13.7. The van der Waals surface area contributed by atoms with Crippen LogP contribution in [0.15, 0.2) is 24.3 Å². The van der Waals surface area contributed by atoms with Gasteiger partial charge in [0, 0.05) is 35.7 Å². The lowest BCUT2D eigenvalue weighted by atomic mass is 9.96. The molecule has 112 valence electrons. The van der Waals surface area contributed by atoms with E-state index in [4.69, 9.17) is 0 Å². The number of aliphatic hydroxyl groups excluding tert-OH is 1. The Balaban J connectivity index is 2.01. The Morgan fingerprint density at radius 2 is 2.10 bits per heavy atom. The summed E-state index contributed by atoms with van der Waals surface area (Å²) in [5.41, 5.74) is 0.409. The van der Waals surface area contributed by atoms with Crippen LogP contribution in [0, 0.1) is 11.7 Å². The topological polar surface area (TPSA) is 23.5 Å². The van der Waals surface area contributed by atoms with Gasteiger partial charge in [-0.15, -0.1) is 0 Å². The van der Waals surface area contributed by atoms with Crippen molar-refractivity contribution in [2.45, 2.75) is 38.2 Å². The third kappa shape index (κ3) is 3.54. The Hall–Kier alpha value is -0.580. The van der Waals surface area contributed by atoms with Gasteiger partial charge in [-0.1, -0.05) is 32.0 Å². The molecule has 1 aliphatic heterocycles. The minimum atomic E-state index is -0.742. The van der Waals surface area contributed by atoms with Gasteiger partial charge in [0.15, 0.2) is 0 Å². The van der Waals surface area contributed by atoms with Crippen LogP contribution < -0.4 is 0 Å². The zero-order valence-corrected chi connectivity index (χ0v) is 13.2. The first-order chi connectivity index (χ1) is 9.50. The molecule has 1 aromatic carbocycles. The molecule has 1 N–H and O–H groups in total. The Morgan fingerprint density at radius 3 is 2.80 bits per heavy atom. The van der Waals surface area contributed by atoms with Gasteiger partial charge in [0.05, 0.1) is 6.10 Å². The number of halogens is 1. The monoisotopic (exact) mass is 297 g/mol. The molecule has 1 aromatic rings. The maximum atomic E-state index is 13.7. The number of hydrogen-bond acceptors (Lipinski definition) is 3. The van der Waals surface area contributed by atoms with E-state index in [1.165, 1.54) is 6.07 Å². The number of thioether (sulfide) groups is 1. The minimum Gasteiger partial charge on any atom is -0.388 e. The number of nitrogens with zero attached hydrogens (tertiary/aromatic N) is 1. The van der Waals surface area contributed by atoms with Gasteiger partial charge in [-0.2, -0.15) is 11.8 Å². The smallest absolute Gasteiger partial charge is 0.129 e. The largest absolute Gasteiger partial charge is 0.388 e. The molecule has 0 saturated carbocycles. The highest BCUT2D eigenvalue weighted by atomic mass is 32.2. The summed E-state index contributed by atoms with van der Waals surface area (Å²) < 4.78 is 13.7. The normalized spacial score (nSPS) is 27.2. The van der Waals surface area contributed by atoms with Crippen molar-refractivity contribution in [1.82, 2.24) is 4.90 Å². The lowest BCUT2D eigenvalue weighted by Gasteiger charge is -2.39. The summed E-state index contributed by atoms with van der Waals surface area (Å²) >= 11 is 2.00. The lowest BCUT2D eigenvalue weighted by molar-refractivity contribution is 0.0744. The summed E-state index contributed by atoms with van der Waals surface area (Å²) in [6.07, 6.45) is -0.742. The summed E-state index contributed by atoms with van der Waals surface area (Å²) in [7, 11) is 0. The molecule has 1 fully saturated rings. The van der Waals surface area contributed by atoms with E-state index in [0.29, 0.717) is 16.9 Å². The molecule has 4 atom stereocenters. The summed E-state index contributed by atoms with van der Waals surface area (Å²) in [5, 5.41) is 11.0. The van der Waals surface area contributed by atoms with Gasteiger partial charge in [-0.25, -0.2) is 4.39 Å². The average molecular weight is 297 g/mol. The molecule has 2 rings (SSSR count). The number of aliphatic hydroxyl groups is 1. The van der Waals surface area contributed by atoms with Crippen LogP contribution in [0.25, 0.3) is 0 Å². The minimum absolute atomic E-state index is 0.0182. The van der Waals surface area contributed by atoms with Crippen molar-refractivity contribution in [1.29, 1.82) is 0 Å². The number of hydrogen-bond donors (Lipinski definition) is 1. The van der Waals surface area contributed by atoms with Crippen molar-refractivity contribution in [2.75, 3.05) is 18.8 Å². The molecular formula is C16H24FNOS. The molecule has 2 nitrogen and oxygen atoms in total. The highest BCUT2D eigenvalue weighted by Crippen LogP contribution is 2.29. The highest BCUT2D eigenvalue weighted by molar-refractivity contribution is 8.00. The van der Waals surface area contributed by atoms with Crippen LogP contribution >= 0.6 is 11.8 Å². The molecule has 1 heterocycles. The quantitative estimate of drug-likeness (QED) is 0.922. The molecule has 4 unspecified atom stereocenters. The van der Waals surface area contributed by atoms with Gasteiger partial charge in [0.1, 0.15) is 5.82 Å². The molecule has 0 amide bonds. The second-order valence-electron chi connectivity index (χ2n) is 5.76. The number of benzene rings is 1. The van der Waals surface area contributed by atoms with Crippen LogP contribution in [-0.2, 0) is 0 Å². The van der Waals surface area contributed by atoms with E-state index in [0.717, 1.165) is 18.8 Å². The zero-order chi connectivity index (χ0) is 14.7. The van der Waals surface area contributed by atoms with E-state index in [1.807, 2.05) is 18.7 Å². The third-order valence-corrected chi connectivity index (χ3v) is 5.64. The van der Waals surface area contributed by atoms with Crippen molar-refractivity contribution in [3.63, 3.8) is 0 Å². The van der Waals surface area contributed by atoms with Crippen LogP contribution in [0.5, 0.6) is 0 Å². The van der Waals surface area contributed by atoms with Crippen molar-refractivity contribution in [3.8, 4) is 0 Å². The van der Waals surface area contributed by atoms with Crippen molar-refractivity contribution >= 4 is 11.8 Å². The van der Waals surface area contributed by atoms with Crippen LogP contribution in [0.2, 0.25) is 0 Å². The summed E-state index contributed by atoms with van der Waals surface area (Å²) in [6, 6.07) is 7.02. The predicted molar refractivity (Wildman–Crippen MR) is 83.5 cm³/mol. The van der Waals surface area contributed by atoms with E-state index in [-0.39, 0.29) is 11.7 Å². The van der Waals surface area contributed by atoms with Gasteiger partial charge in [-0.05, 0) is 18.9 Å². The molecular weight excluding hydrogens is 273 g/mol. The van der Waals surface area contributed by atoms with Crippen molar-refractivity contribution in [3.05, 3.63) is 35.6 Å². The Labute approximate surface area is 125 Å². The summed E-state index contributed by atoms with van der Waals surface area (Å²) in [6.45, 7) is 8.33. The maximum Gasteiger partial charge on any atom is 0.129 e. The fraction of sp³-hybridized carbons (Fsp3) is 0.625. The molecule has 1 saturated heterocycles. The first kappa shape index (κ1) is 15.8. The van der Waals surface area contributed by atoms with Crippen LogP contribution in [0.3, 0.4) is 0 Å². The van der Waals surface area contributed by atoms with Crippen LogP contribution in [-0.4, -0.2) is 40.1 Å². The molecule has 0 bridgehead atoms. The molecule has 0 spiro atoms. The van der Waals surface area contributed by atoms with E-state index >= 15 is 0 Å². The molecule has 0 aliphatic carbocycles. The van der Waals surface area contributed by atoms with Gasteiger partial charge in [-0.3, -0.25) is 4.90 Å². The predicted octanol–water partition coefficient (Wildman–Crippen LogP) is 3.32. The van der Waals surface area contributed by atoms with E-state index in [2.05, 4.69) is 18.7 Å². The van der Waals surface area contributed by atoms with Gasteiger partial charge < -0.3 is 5.11 Å². The molecule has 20 heavy (non-hydrogen) atoms. The molecule has 4 heteroatoms. The fourth-order valence-electron chi connectivity index (χ4n) is 2.74. The number of rotatable bonds is 4. The van der Waals surface area contributed by atoms with Gasteiger partial charge in [0.25, 0.3) is 0 Å². The zero-order valence-electron chi connectivity index (χ0n) is 12.4. The molecule has 1 aliphatic rings. The van der Waals surface area contributed by atoms with E-state index in [9.17, 15) is 9.50 Å². The van der Waals surface area contributed by atoms with Crippen LogP contribution in [0.1, 0.15) is 32.4 Å². The lowest BCUT2D eigenvalue weighted by Crippen LogP contribution is -2.47. The fourth-order valence-corrected chi connectivity index (χ4v) is 3.91. The first-order valence-electron chi connectivity index (χ1n) is 7.29. The summed E-state index contributed by atoms with van der Waals surface area (Å²) in [5.74, 6) is 0.834. The SMILES string of the molecule is CC(CN1CCSC(C)C1C)C(O)c1ccccc1F. The van der Waals surface area contributed by atoms with Gasteiger partial charge in [0.2, 0.25) is 0 Å². The molecule has 0 aromatic heterocycles. The Morgan fingerprint density at radius 1 is 1.40 bits per heavy atom. The second-order valence-corrected chi connectivity index (χ2v) is 7.24. The Bertz CT molecular complexity index is 442. The van der Waals surface area contributed by atoms with Crippen LogP contribution in [0.4, 0.5) is 4.39 Å². The first-order valence-corrected chi connectivity index (χ1v) is 8.33. The second kappa shape index (κ2) is 6.92. The third-order valence-electron chi connectivity index (χ3n) is 4.30. The van der Waals surface area contributed by atoms with Crippen molar-refractivity contribution in [2.24, 2.45) is 5.92 Å². The van der Waals surface area contributed by atoms with Gasteiger partial charge >= 0.3 is 0 Å². The average Bonchev–Trinajstić information content (AvgIpc) is 2.43. The Kier molecular flexibility index (Phi) is 5.47. The van der Waals surface area contributed by atoms with Crippen molar-refractivity contribution < 1.29 is 9.50 Å².